The van der Waals surface area contributed by atoms with E-state index in [1.807, 2.05) is 26.0 Å². The Morgan fingerprint density at radius 3 is 2.26 bits per heavy atom. The fraction of sp³-hybridized carbons (Fsp3) is 0.214. The number of nitrogens with zero attached hydrogens (tertiary/aromatic N) is 2. The zero-order chi connectivity index (χ0) is 14.0. The second kappa shape index (κ2) is 5.06. The first-order chi connectivity index (χ1) is 8.94. The minimum absolute atomic E-state index is 0.0145. The largest absolute Gasteiger partial charge is 0.477 e. The molecule has 2 N–H and O–H groups in total. The molecule has 98 valence electrons. The van der Waals surface area contributed by atoms with Crippen LogP contribution in [-0.2, 0) is 0 Å². The second-order valence-corrected chi connectivity index (χ2v) is 4.49. The van der Waals surface area contributed by atoms with E-state index in [4.69, 9.17) is 5.11 Å². The van der Waals surface area contributed by atoms with Crippen LogP contribution >= 0.6 is 0 Å². The Bertz CT molecular complexity index is 618. The van der Waals surface area contributed by atoms with Crippen LogP contribution in [0.2, 0.25) is 0 Å². The van der Waals surface area contributed by atoms with Crippen molar-refractivity contribution in [3.05, 3.63) is 46.9 Å². The molecule has 0 unspecified atom stereocenters. The average molecular weight is 257 g/mol. The Hall–Kier alpha value is -2.43. The van der Waals surface area contributed by atoms with Gasteiger partial charge in [-0.3, -0.25) is 0 Å². The number of rotatable bonds is 3. The molecule has 0 atom stereocenters. The van der Waals surface area contributed by atoms with Crippen molar-refractivity contribution < 1.29 is 9.90 Å². The van der Waals surface area contributed by atoms with E-state index in [2.05, 4.69) is 21.4 Å². The third kappa shape index (κ3) is 3.28. The molecule has 5 heteroatoms. The molecule has 0 aliphatic heterocycles. The second-order valence-electron chi connectivity index (χ2n) is 4.49. The summed E-state index contributed by atoms with van der Waals surface area (Å²) in [7, 11) is 0. The van der Waals surface area contributed by atoms with Crippen LogP contribution < -0.4 is 5.32 Å². The lowest BCUT2D eigenvalue weighted by molar-refractivity contribution is 0.0690. The van der Waals surface area contributed by atoms with Gasteiger partial charge in [0.15, 0.2) is 5.69 Å². The average Bonchev–Trinajstić information content (AvgIpc) is 2.26. The maximum Gasteiger partial charge on any atom is 0.354 e. The van der Waals surface area contributed by atoms with Gasteiger partial charge in [0, 0.05) is 11.8 Å². The van der Waals surface area contributed by atoms with Gasteiger partial charge in [-0.2, -0.15) is 0 Å². The summed E-state index contributed by atoms with van der Waals surface area (Å²) in [6.07, 6.45) is 0. The lowest BCUT2D eigenvalue weighted by atomic mass is 10.1. The standard InChI is InChI=1S/C14H15N3O2/c1-8-4-9(2)6-11(5-8)17-13-7-12(14(18)19)15-10(3)16-13/h4-7H,1-3H3,(H,18,19)(H,15,16,17). The van der Waals surface area contributed by atoms with Gasteiger partial charge < -0.3 is 10.4 Å². The number of carbonyl (C=O) groups is 1. The Labute approximate surface area is 111 Å². The van der Waals surface area contributed by atoms with Crippen molar-refractivity contribution in [2.45, 2.75) is 20.8 Å². The Morgan fingerprint density at radius 1 is 1.05 bits per heavy atom. The number of carboxylic acid groups (broad SMARTS) is 1. The monoisotopic (exact) mass is 257 g/mol. The van der Waals surface area contributed by atoms with Gasteiger partial charge in [0.25, 0.3) is 0 Å². The van der Waals surface area contributed by atoms with Crippen LogP contribution in [0.3, 0.4) is 0 Å². The third-order valence-corrected chi connectivity index (χ3v) is 2.55. The zero-order valence-corrected chi connectivity index (χ0v) is 11.1. The molecule has 0 fully saturated rings. The molecule has 19 heavy (non-hydrogen) atoms. The zero-order valence-electron chi connectivity index (χ0n) is 11.1. The summed E-state index contributed by atoms with van der Waals surface area (Å²) in [5.74, 6) is -0.157. The quantitative estimate of drug-likeness (QED) is 0.884. The van der Waals surface area contributed by atoms with Gasteiger partial charge >= 0.3 is 5.97 Å². The summed E-state index contributed by atoms with van der Waals surface area (Å²) in [6.45, 7) is 5.68. The highest BCUT2D eigenvalue weighted by Gasteiger charge is 2.08. The summed E-state index contributed by atoms with van der Waals surface area (Å²) in [5.41, 5.74) is 3.13. The third-order valence-electron chi connectivity index (χ3n) is 2.55. The van der Waals surface area contributed by atoms with Crippen molar-refractivity contribution in [2.24, 2.45) is 0 Å². The van der Waals surface area contributed by atoms with Crippen LogP contribution in [0.4, 0.5) is 11.5 Å². The maximum atomic E-state index is 10.9. The summed E-state index contributed by atoms with van der Waals surface area (Å²) in [6, 6.07) is 7.45. The van der Waals surface area contributed by atoms with Gasteiger partial charge in [-0.05, 0) is 44.0 Å². The topological polar surface area (TPSA) is 75.1 Å². The molecule has 1 heterocycles. The SMILES string of the molecule is Cc1cc(C)cc(Nc2cc(C(=O)O)nc(C)n2)c1. The van der Waals surface area contributed by atoms with Crippen LogP contribution in [-0.4, -0.2) is 21.0 Å². The summed E-state index contributed by atoms with van der Waals surface area (Å²) in [4.78, 5) is 19.0. The molecule has 1 aromatic heterocycles. The molecule has 0 saturated heterocycles. The van der Waals surface area contributed by atoms with Crippen LogP contribution in [0.15, 0.2) is 24.3 Å². The van der Waals surface area contributed by atoms with Gasteiger partial charge in [-0.25, -0.2) is 14.8 Å². The first-order valence-electron chi connectivity index (χ1n) is 5.88. The molecule has 0 aliphatic carbocycles. The molecule has 1 aromatic carbocycles. The normalized spacial score (nSPS) is 10.3. The molecule has 0 saturated carbocycles. The maximum absolute atomic E-state index is 10.9. The van der Waals surface area contributed by atoms with Crippen LogP contribution in [0, 0.1) is 20.8 Å². The minimum Gasteiger partial charge on any atom is -0.477 e. The Kier molecular flexibility index (Phi) is 3.46. The summed E-state index contributed by atoms with van der Waals surface area (Å²) in [5, 5.41) is 12.1. The van der Waals surface area contributed by atoms with E-state index in [9.17, 15) is 4.79 Å². The number of nitrogens with one attached hydrogen (secondary N) is 1. The molecule has 0 amide bonds. The molecule has 0 spiro atoms. The predicted molar refractivity (Wildman–Crippen MR) is 72.9 cm³/mol. The van der Waals surface area contributed by atoms with Crippen molar-refractivity contribution >= 4 is 17.5 Å². The molecule has 5 nitrogen and oxygen atoms in total. The molecular weight excluding hydrogens is 242 g/mol. The lowest BCUT2D eigenvalue weighted by Crippen LogP contribution is -2.06. The van der Waals surface area contributed by atoms with Gasteiger partial charge in [-0.15, -0.1) is 0 Å². The van der Waals surface area contributed by atoms with Crippen molar-refractivity contribution in [3.63, 3.8) is 0 Å². The van der Waals surface area contributed by atoms with E-state index in [1.165, 1.54) is 6.07 Å². The molecule has 0 aliphatic rings. The van der Waals surface area contributed by atoms with Crippen molar-refractivity contribution in [1.82, 2.24) is 9.97 Å². The Balaban J connectivity index is 2.35. The van der Waals surface area contributed by atoms with Crippen LogP contribution in [0.25, 0.3) is 0 Å². The smallest absolute Gasteiger partial charge is 0.354 e. The van der Waals surface area contributed by atoms with Gasteiger partial charge in [-0.1, -0.05) is 6.07 Å². The van der Waals surface area contributed by atoms with E-state index in [0.717, 1.165) is 16.8 Å². The number of aromatic nitrogens is 2. The highest BCUT2D eigenvalue weighted by molar-refractivity contribution is 5.86. The summed E-state index contributed by atoms with van der Waals surface area (Å²) < 4.78 is 0. The Morgan fingerprint density at radius 2 is 1.68 bits per heavy atom. The van der Waals surface area contributed by atoms with Crippen LogP contribution in [0.1, 0.15) is 27.4 Å². The first-order valence-corrected chi connectivity index (χ1v) is 5.88. The molecule has 0 radical (unpaired) electrons. The highest BCUT2D eigenvalue weighted by atomic mass is 16.4. The number of hydrogen-bond donors (Lipinski definition) is 2. The van der Waals surface area contributed by atoms with E-state index in [0.29, 0.717) is 11.6 Å². The first kappa shape index (κ1) is 13.0. The predicted octanol–water partition coefficient (Wildman–Crippen LogP) is 2.84. The number of carboxylic acids is 1. The lowest BCUT2D eigenvalue weighted by Gasteiger charge is -2.09. The van der Waals surface area contributed by atoms with Gasteiger partial charge in [0.05, 0.1) is 0 Å². The van der Waals surface area contributed by atoms with E-state index < -0.39 is 5.97 Å². The van der Waals surface area contributed by atoms with Crippen molar-refractivity contribution in [1.29, 1.82) is 0 Å². The van der Waals surface area contributed by atoms with Crippen molar-refractivity contribution in [2.75, 3.05) is 5.32 Å². The number of aryl methyl sites for hydroxylation is 3. The summed E-state index contributed by atoms with van der Waals surface area (Å²) >= 11 is 0. The number of aromatic carboxylic acids is 1. The van der Waals surface area contributed by atoms with Gasteiger partial charge in [0.1, 0.15) is 11.6 Å². The molecular formula is C14H15N3O2. The molecule has 2 rings (SSSR count). The van der Waals surface area contributed by atoms with Gasteiger partial charge in [0.2, 0.25) is 0 Å². The minimum atomic E-state index is -1.06. The van der Waals surface area contributed by atoms with Crippen LogP contribution in [0.5, 0.6) is 0 Å². The van der Waals surface area contributed by atoms with Crippen molar-refractivity contribution in [3.8, 4) is 0 Å². The highest BCUT2D eigenvalue weighted by Crippen LogP contribution is 2.18. The van der Waals surface area contributed by atoms with E-state index in [1.54, 1.807) is 6.92 Å². The number of anilines is 2. The molecule has 2 aromatic rings. The van der Waals surface area contributed by atoms with E-state index in [-0.39, 0.29) is 5.69 Å². The molecule has 0 bridgehead atoms. The number of benzene rings is 1. The van der Waals surface area contributed by atoms with E-state index >= 15 is 0 Å². The number of hydrogen-bond acceptors (Lipinski definition) is 4. The fourth-order valence-electron chi connectivity index (χ4n) is 1.94. The fourth-order valence-corrected chi connectivity index (χ4v) is 1.94.